The van der Waals surface area contributed by atoms with E-state index in [0.717, 1.165) is 5.56 Å². The minimum Gasteiger partial charge on any atom is -0.507 e. The number of aromatic hydroxyl groups is 2. The van der Waals surface area contributed by atoms with Crippen molar-refractivity contribution in [1.82, 2.24) is 0 Å². The van der Waals surface area contributed by atoms with Crippen LogP contribution in [0.4, 0.5) is 0 Å². The number of ether oxygens (including phenoxy) is 1. The molecule has 20 heavy (non-hydrogen) atoms. The molecule has 0 heterocycles. The number of phenolic OH excluding ortho intramolecular Hbond substituents is 2. The smallest absolute Gasteiger partial charge is 0.166 e. The molecule has 0 bridgehead atoms. The standard InChI is InChI=1S/C16H16O4/c1-20-16-9-7-11(10-15(16)19)6-8-14(18)12-4-2-3-5-13(12)17/h2-5,7,9-10,17,19H,6,8H2,1H3. The maximum Gasteiger partial charge on any atom is 0.166 e. The fourth-order valence-electron chi connectivity index (χ4n) is 1.99. The van der Waals surface area contributed by atoms with E-state index in [2.05, 4.69) is 0 Å². The van der Waals surface area contributed by atoms with E-state index in [0.29, 0.717) is 17.7 Å². The number of ketones is 1. The van der Waals surface area contributed by atoms with Crippen LogP contribution in [-0.4, -0.2) is 23.1 Å². The Hall–Kier alpha value is -2.49. The van der Waals surface area contributed by atoms with Gasteiger partial charge in [0.2, 0.25) is 0 Å². The molecule has 0 unspecified atom stereocenters. The van der Waals surface area contributed by atoms with Gasteiger partial charge in [-0.3, -0.25) is 4.79 Å². The minimum atomic E-state index is -0.126. The van der Waals surface area contributed by atoms with Crippen LogP contribution in [0.15, 0.2) is 42.5 Å². The lowest BCUT2D eigenvalue weighted by atomic mass is 10.0. The molecule has 2 aromatic rings. The molecule has 0 radical (unpaired) electrons. The minimum absolute atomic E-state index is 0.00456. The number of methoxy groups -OCH3 is 1. The van der Waals surface area contributed by atoms with Crippen LogP contribution in [0.1, 0.15) is 22.3 Å². The normalized spacial score (nSPS) is 10.2. The van der Waals surface area contributed by atoms with Crippen LogP contribution in [0, 0.1) is 0 Å². The third kappa shape index (κ3) is 3.09. The molecule has 0 fully saturated rings. The van der Waals surface area contributed by atoms with Crippen molar-refractivity contribution in [3.63, 3.8) is 0 Å². The van der Waals surface area contributed by atoms with Gasteiger partial charge in [-0.05, 0) is 36.2 Å². The van der Waals surface area contributed by atoms with E-state index in [1.54, 1.807) is 36.4 Å². The van der Waals surface area contributed by atoms with Gasteiger partial charge in [0.25, 0.3) is 0 Å². The summed E-state index contributed by atoms with van der Waals surface area (Å²) in [7, 11) is 1.48. The molecule has 2 N–H and O–H groups in total. The van der Waals surface area contributed by atoms with Crippen molar-refractivity contribution < 1.29 is 19.7 Å². The second-order valence-corrected chi connectivity index (χ2v) is 4.45. The lowest BCUT2D eigenvalue weighted by Gasteiger charge is -2.06. The number of hydrogen-bond acceptors (Lipinski definition) is 4. The van der Waals surface area contributed by atoms with Crippen LogP contribution in [0.25, 0.3) is 0 Å². The predicted octanol–water partition coefficient (Wildman–Crippen LogP) is 2.92. The highest BCUT2D eigenvalue weighted by Gasteiger charge is 2.11. The van der Waals surface area contributed by atoms with Crippen molar-refractivity contribution in [2.75, 3.05) is 7.11 Å². The maximum absolute atomic E-state index is 12.0. The molecule has 4 nitrogen and oxygen atoms in total. The van der Waals surface area contributed by atoms with E-state index in [4.69, 9.17) is 4.74 Å². The van der Waals surface area contributed by atoms with E-state index < -0.39 is 0 Å². The van der Waals surface area contributed by atoms with Crippen molar-refractivity contribution in [3.05, 3.63) is 53.6 Å². The molecule has 0 amide bonds. The zero-order valence-corrected chi connectivity index (χ0v) is 11.2. The fraction of sp³-hybridized carbons (Fsp3) is 0.188. The summed E-state index contributed by atoms with van der Waals surface area (Å²) < 4.78 is 4.96. The SMILES string of the molecule is COc1ccc(CCC(=O)c2ccccc2O)cc1O. The average molecular weight is 272 g/mol. The Balaban J connectivity index is 2.04. The second-order valence-electron chi connectivity index (χ2n) is 4.45. The van der Waals surface area contributed by atoms with Gasteiger partial charge in [-0.1, -0.05) is 18.2 Å². The third-order valence-electron chi connectivity index (χ3n) is 3.09. The van der Waals surface area contributed by atoms with Crippen LogP contribution in [0.5, 0.6) is 17.2 Å². The molecule has 2 rings (SSSR count). The first-order chi connectivity index (χ1) is 9.61. The van der Waals surface area contributed by atoms with Gasteiger partial charge in [0.15, 0.2) is 17.3 Å². The van der Waals surface area contributed by atoms with E-state index in [-0.39, 0.29) is 23.7 Å². The van der Waals surface area contributed by atoms with Crippen molar-refractivity contribution in [2.24, 2.45) is 0 Å². The van der Waals surface area contributed by atoms with Crippen molar-refractivity contribution >= 4 is 5.78 Å². The summed E-state index contributed by atoms with van der Waals surface area (Å²) in [6.45, 7) is 0. The first-order valence-corrected chi connectivity index (χ1v) is 6.29. The number of carbonyl (C=O) groups excluding carboxylic acids is 1. The predicted molar refractivity (Wildman–Crippen MR) is 75.4 cm³/mol. The summed E-state index contributed by atoms with van der Waals surface area (Å²) in [5, 5.41) is 19.3. The summed E-state index contributed by atoms with van der Waals surface area (Å²) in [4.78, 5) is 12.0. The first-order valence-electron chi connectivity index (χ1n) is 6.29. The Kier molecular flexibility index (Phi) is 4.25. The number of para-hydroxylation sites is 1. The quantitative estimate of drug-likeness (QED) is 0.821. The highest BCUT2D eigenvalue weighted by atomic mass is 16.5. The number of phenols is 2. The zero-order chi connectivity index (χ0) is 14.5. The molecule has 104 valence electrons. The number of carbonyl (C=O) groups is 1. The van der Waals surface area contributed by atoms with Crippen LogP contribution in [0.2, 0.25) is 0 Å². The largest absolute Gasteiger partial charge is 0.507 e. The van der Waals surface area contributed by atoms with Gasteiger partial charge < -0.3 is 14.9 Å². The Morgan fingerprint density at radius 3 is 2.50 bits per heavy atom. The van der Waals surface area contributed by atoms with Crippen LogP contribution in [0.3, 0.4) is 0 Å². The summed E-state index contributed by atoms with van der Waals surface area (Å²) in [6.07, 6.45) is 0.758. The van der Waals surface area contributed by atoms with Crippen molar-refractivity contribution in [1.29, 1.82) is 0 Å². The lowest BCUT2D eigenvalue weighted by Crippen LogP contribution is -2.01. The molecule has 4 heteroatoms. The molecule has 2 aromatic carbocycles. The van der Waals surface area contributed by atoms with Crippen LogP contribution < -0.4 is 4.74 Å². The van der Waals surface area contributed by atoms with Gasteiger partial charge in [-0.25, -0.2) is 0 Å². The highest BCUT2D eigenvalue weighted by Crippen LogP contribution is 2.27. The Bertz CT molecular complexity index is 620. The summed E-state index contributed by atoms with van der Waals surface area (Å²) in [5.41, 5.74) is 1.16. The molecule has 0 saturated carbocycles. The number of hydrogen-bond donors (Lipinski definition) is 2. The zero-order valence-electron chi connectivity index (χ0n) is 11.2. The molecule has 0 aliphatic heterocycles. The van der Waals surface area contributed by atoms with Crippen LogP contribution >= 0.6 is 0 Å². The monoisotopic (exact) mass is 272 g/mol. The number of aryl methyl sites for hydroxylation is 1. The van der Waals surface area contributed by atoms with E-state index >= 15 is 0 Å². The van der Waals surface area contributed by atoms with Crippen molar-refractivity contribution in [3.8, 4) is 17.2 Å². The molecule has 0 aliphatic rings. The van der Waals surface area contributed by atoms with Crippen molar-refractivity contribution in [2.45, 2.75) is 12.8 Å². The summed E-state index contributed by atoms with van der Waals surface area (Å²) in [5.74, 6) is 0.328. The molecular formula is C16H16O4. The number of benzene rings is 2. The average Bonchev–Trinajstić information content (AvgIpc) is 2.45. The van der Waals surface area contributed by atoms with Gasteiger partial charge in [0, 0.05) is 6.42 Å². The fourth-order valence-corrected chi connectivity index (χ4v) is 1.99. The van der Waals surface area contributed by atoms with Crippen LogP contribution in [-0.2, 0) is 6.42 Å². The topological polar surface area (TPSA) is 66.8 Å². The maximum atomic E-state index is 12.0. The molecule has 0 aliphatic carbocycles. The molecule has 0 saturated heterocycles. The number of rotatable bonds is 5. The third-order valence-corrected chi connectivity index (χ3v) is 3.09. The molecule has 0 atom stereocenters. The van der Waals surface area contributed by atoms with Gasteiger partial charge in [-0.2, -0.15) is 0 Å². The van der Waals surface area contributed by atoms with Gasteiger partial charge in [0.1, 0.15) is 5.75 Å². The Morgan fingerprint density at radius 1 is 1.10 bits per heavy atom. The second kappa shape index (κ2) is 6.10. The Labute approximate surface area is 117 Å². The molecule has 0 aromatic heterocycles. The van der Waals surface area contributed by atoms with Gasteiger partial charge in [-0.15, -0.1) is 0 Å². The number of Topliss-reactive ketones (excluding diaryl/α,β-unsaturated/α-hetero) is 1. The van der Waals surface area contributed by atoms with E-state index in [1.807, 2.05) is 0 Å². The van der Waals surface area contributed by atoms with Gasteiger partial charge in [0.05, 0.1) is 12.7 Å². The summed E-state index contributed by atoms with van der Waals surface area (Å²) >= 11 is 0. The molecular weight excluding hydrogens is 256 g/mol. The summed E-state index contributed by atoms with van der Waals surface area (Å²) in [6, 6.07) is 11.5. The molecule has 0 spiro atoms. The van der Waals surface area contributed by atoms with E-state index in [9.17, 15) is 15.0 Å². The van der Waals surface area contributed by atoms with Gasteiger partial charge >= 0.3 is 0 Å². The Morgan fingerprint density at radius 2 is 1.85 bits per heavy atom. The lowest BCUT2D eigenvalue weighted by molar-refractivity contribution is 0.0980. The first kappa shape index (κ1) is 13.9. The van der Waals surface area contributed by atoms with E-state index in [1.165, 1.54) is 13.2 Å². The highest BCUT2D eigenvalue weighted by molar-refractivity contribution is 5.98.